The molecule has 2 heterocycles. The maximum absolute atomic E-state index is 12.7. The molecule has 0 aliphatic carbocycles. The van der Waals surface area contributed by atoms with E-state index in [9.17, 15) is 4.79 Å². The van der Waals surface area contributed by atoms with Gasteiger partial charge in [-0.05, 0) is 42.2 Å². The number of likely N-dealkylation sites (N-methyl/N-ethyl adjacent to an activating group) is 1. The summed E-state index contributed by atoms with van der Waals surface area (Å²) in [7, 11) is 1.91. The van der Waals surface area contributed by atoms with Gasteiger partial charge in [0.05, 0.1) is 0 Å². The van der Waals surface area contributed by atoms with Crippen LogP contribution in [0.5, 0.6) is 11.5 Å². The molecule has 0 atom stereocenters. The highest BCUT2D eigenvalue weighted by Crippen LogP contribution is 2.32. The summed E-state index contributed by atoms with van der Waals surface area (Å²) >= 11 is 1.73. The molecular weight excluding hydrogens is 398 g/mol. The Morgan fingerprint density at radius 3 is 2.37 bits per heavy atom. The lowest BCUT2D eigenvalue weighted by Crippen LogP contribution is -3.28. The molecule has 0 aromatic heterocycles. The van der Waals surface area contributed by atoms with Crippen LogP contribution in [-0.4, -0.2) is 63.6 Å². The second kappa shape index (κ2) is 9.73. The normalized spacial score (nSPS) is 20.2. The summed E-state index contributed by atoms with van der Waals surface area (Å²) in [5, 5.41) is 0. The molecule has 4 rings (SSSR count). The van der Waals surface area contributed by atoms with Crippen molar-refractivity contribution in [2.45, 2.75) is 18.0 Å². The van der Waals surface area contributed by atoms with Crippen molar-refractivity contribution in [3.63, 3.8) is 0 Å². The smallest absolute Gasteiger partial charge is 0.277 e. The number of carbonyl (C=O) groups is 1. The topological polar surface area (TPSA) is 47.7 Å². The summed E-state index contributed by atoms with van der Waals surface area (Å²) < 4.78 is 10.9. The van der Waals surface area contributed by atoms with Crippen molar-refractivity contribution in [1.82, 2.24) is 4.90 Å². The highest BCUT2D eigenvalue weighted by atomic mass is 32.2. The molecule has 1 saturated heterocycles. The van der Waals surface area contributed by atoms with Gasteiger partial charge in [-0.2, -0.15) is 0 Å². The summed E-state index contributed by atoms with van der Waals surface area (Å²) in [6.07, 6.45) is 2.07. The number of hydrogen-bond donors (Lipinski definition) is 2. The Morgan fingerprint density at radius 2 is 1.63 bits per heavy atom. The Labute approximate surface area is 182 Å². The molecule has 2 aromatic rings. The highest BCUT2D eigenvalue weighted by molar-refractivity contribution is 7.98. The van der Waals surface area contributed by atoms with Gasteiger partial charge in [0, 0.05) is 24.1 Å². The number of quaternary nitrogens is 2. The summed E-state index contributed by atoms with van der Waals surface area (Å²) in [4.78, 5) is 18.7. The van der Waals surface area contributed by atoms with Crippen molar-refractivity contribution in [1.29, 1.82) is 0 Å². The zero-order chi connectivity index (χ0) is 20.9. The molecule has 2 aromatic carbocycles. The number of fused-ring (bicyclic) bond motifs is 1. The number of rotatable bonds is 7. The van der Waals surface area contributed by atoms with E-state index in [4.69, 9.17) is 9.47 Å². The monoisotopic (exact) mass is 429 g/mol. The zero-order valence-corrected chi connectivity index (χ0v) is 18.6. The van der Waals surface area contributed by atoms with Crippen molar-refractivity contribution in [3.05, 3.63) is 53.6 Å². The molecule has 160 valence electrons. The fourth-order valence-electron chi connectivity index (χ4n) is 4.09. The summed E-state index contributed by atoms with van der Waals surface area (Å²) in [6.45, 7) is 6.78. The average molecular weight is 430 g/mol. The minimum absolute atomic E-state index is 0.221. The molecule has 0 saturated carbocycles. The molecule has 30 heavy (non-hydrogen) atoms. The van der Waals surface area contributed by atoms with Gasteiger partial charge in [0.15, 0.2) is 18.0 Å². The maximum atomic E-state index is 12.7. The molecular formula is C23H31N3O3S+2. The number of hydrogen-bond acceptors (Lipinski definition) is 4. The third kappa shape index (κ3) is 5.28. The van der Waals surface area contributed by atoms with Crippen LogP contribution in [0.2, 0.25) is 0 Å². The van der Waals surface area contributed by atoms with Gasteiger partial charge in [-0.15, -0.1) is 11.8 Å². The maximum Gasteiger partial charge on any atom is 0.277 e. The first-order valence-electron chi connectivity index (χ1n) is 10.5. The number of ether oxygens (including phenoxy) is 2. The summed E-state index contributed by atoms with van der Waals surface area (Å²) in [6, 6.07) is 14.7. The number of carbonyl (C=O) groups excluding carboxylic acids is 1. The molecule has 0 unspecified atom stereocenters. The highest BCUT2D eigenvalue weighted by Gasteiger charge is 2.26. The van der Waals surface area contributed by atoms with E-state index < -0.39 is 0 Å². The van der Waals surface area contributed by atoms with E-state index >= 15 is 0 Å². The minimum atomic E-state index is 0.221. The van der Waals surface area contributed by atoms with Gasteiger partial charge in [0.25, 0.3) is 5.91 Å². The molecule has 2 aliphatic heterocycles. The summed E-state index contributed by atoms with van der Waals surface area (Å²) in [5.41, 5.74) is 2.46. The Bertz CT molecular complexity index is 866. The Hall–Kier alpha value is -2.22. The fraction of sp³-hybridized carbons (Fsp3) is 0.435. The predicted octanol–water partition coefficient (Wildman–Crippen LogP) is 0.0792. The molecule has 1 amide bonds. The SMILES string of the molecule is CSc1ccc(CN(C)C(=O)C[NH+]2CC[NH+](Cc3ccc4c(c3)OCO4)CC2)cc1. The van der Waals surface area contributed by atoms with Crippen LogP contribution in [0.25, 0.3) is 0 Å². The molecule has 1 fully saturated rings. The van der Waals surface area contributed by atoms with E-state index in [1.54, 1.807) is 16.7 Å². The van der Waals surface area contributed by atoms with Crippen LogP contribution in [-0.2, 0) is 17.9 Å². The second-order valence-corrected chi connectivity index (χ2v) is 9.02. The third-order valence-electron chi connectivity index (χ3n) is 5.96. The van der Waals surface area contributed by atoms with Crippen LogP contribution in [0.3, 0.4) is 0 Å². The number of piperazine rings is 1. The van der Waals surface area contributed by atoms with Crippen LogP contribution in [0.4, 0.5) is 0 Å². The standard InChI is InChI=1S/C23H29N3O3S/c1-24(14-18-3-6-20(30-2)7-4-18)23(27)16-26-11-9-25(10-12-26)15-19-5-8-21-22(13-19)29-17-28-21/h3-8,13H,9-12,14-17H2,1-2H3/p+2. The third-order valence-corrected chi connectivity index (χ3v) is 6.70. The van der Waals surface area contributed by atoms with Crippen molar-refractivity contribution >= 4 is 17.7 Å². The van der Waals surface area contributed by atoms with Crippen molar-refractivity contribution in [2.24, 2.45) is 0 Å². The number of nitrogens with zero attached hydrogens (tertiary/aromatic N) is 1. The van der Waals surface area contributed by atoms with Gasteiger partial charge in [-0.25, -0.2) is 0 Å². The lowest BCUT2D eigenvalue weighted by molar-refractivity contribution is -1.02. The first kappa shape index (κ1) is 21.0. The Kier molecular flexibility index (Phi) is 6.82. The predicted molar refractivity (Wildman–Crippen MR) is 117 cm³/mol. The largest absolute Gasteiger partial charge is 0.454 e. The Morgan fingerprint density at radius 1 is 0.967 bits per heavy atom. The zero-order valence-electron chi connectivity index (χ0n) is 17.8. The van der Waals surface area contributed by atoms with E-state index in [2.05, 4.69) is 42.7 Å². The molecule has 6 nitrogen and oxygen atoms in total. The molecule has 0 radical (unpaired) electrons. The molecule has 2 aliphatic rings. The number of amides is 1. The lowest BCUT2D eigenvalue weighted by atomic mass is 10.1. The van der Waals surface area contributed by atoms with Crippen molar-refractivity contribution in [2.75, 3.05) is 52.8 Å². The van der Waals surface area contributed by atoms with Gasteiger partial charge >= 0.3 is 0 Å². The summed E-state index contributed by atoms with van der Waals surface area (Å²) in [5.74, 6) is 1.91. The van der Waals surface area contributed by atoms with Gasteiger partial charge in [-0.3, -0.25) is 4.79 Å². The number of benzene rings is 2. The molecule has 0 spiro atoms. The van der Waals surface area contributed by atoms with E-state index in [1.807, 2.05) is 18.0 Å². The van der Waals surface area contributed by atoms with Crippen LogP contribution in [0, 0.1) is 0 Å². The van der Waals surface area contributed by atoms with Gasteiger partial charge in [-0.1, -0.05) is 12.1 Å². The second-order valence-electron chi connectivity index (χ2n) is 8.14. The average Bonchev–Trinajstić information content (AvgIpc) is 3.23. The molecule has 7 heteroatoms. The molecule has 2 N–H and O–H groups in total. The molecule has 0 bridgehead atoms. The van der Waals surface area contributed by atoms with Crippen molar-refractivity contribution in [3.8, 4) is 11.5 Å². The van der Waals surface area contributed by atoms with Crippen LogP contribution >= 0.6 is 11.8 Å². The quantitative estimate of drug-likeness (QED) is 0.612. The number of nitrogens with one attached hydrogen (secondary N) is 2. The first-order chi connectivity index (χ1) is 14.6. The van der Waals surface area contributed by atoms with Gasteiger partial charge in [0.1, 0.15) is 32.7 Å². The van der Waals surface area contributed by atoms with E-state index in [0.29, 0.717) is 19.9 Å². The van der Waals surface area contributed by atoms with E-state index in [1.165, 1.54) is 20.9 Å². The Balaban J connectivity index is 1.21. The fourth-order valence-corrected chi connectivity index (χ4v) is 4.50. The lowest BCUT2D eigenvalue weighted by Gasteiger charge is -2.30. The minimum Gasteiger partial charge on any atom is -0.454 e. The number of thioether (sulfide) groups is 1. The van der Waals surface area contributed by atoms with Crippen LogP contribution < -0.4 is 19.3 Å². The van der Waals surface area contributed by atoms with Gasteiger partial charge < -0.3 is 24.2 Å². The van der Waals surface area contributed by atoms with E-state index in [0.717, 1.165) is 44.2 Å². The first-order valence-corrected chi connectivity index (χ1v) is 11.8. The van der Waals surface area contributed by atoms with Gasteiger partial charge in [0.2, 0.25) is 6.79 Å². The van der Waals surface area contributed by atoms with E-state index in [-0.39, 0.29) is 5.91 Å². The van der Waals surface area contributed by atoms with Crippen LogP contribution in [0.15, 0.2) is 47.4 Å². The van der Waals surface area contributed by atoms with Crippen LogP contribution in [0.1, 0.15) is 11.1 Å². The van der Waals surface area contributed by atoms with Crippen molar-refractivity contribution < 1.29 is 24.1 Å².